The molecule has 1 fully saturated rings. The highest BCUT2D eigenvalue weighted by molar-refractivity contribution is 7.16. The number of fused-ring (bicyclic) bond motifs is 1. The summed E-state index contributed by atoms with van der Waals surface area (Å²) in [7, 11) is 1.60. The molecule has 0 radical (unpaired) electrons. The van der Waals surface area contributed by atoms with Crippen LogP contribution >= 0.6 is 22.9 Å². The lowest BCUT2D eigenvalue weighted by Crippen LogP contribution is -2.36. The summed E-state index contributed by atoms with van der Waals surface area (Å²) in [5, 5.41) is 4.56. The van der Waals surface area contributed by atoms with Crippen molar-refractivity contribution in [3.8, 4) is 11.5 Å². The number of amides is 1. The number of benzene rings is 1. The SMILES string of the molecule is COc1cc(C=Nc2sc3c(c2C(=O)NC2CCCCC2)CCCC3)cc(Cl)c1OC(C)C. The van der Waals surface area contributed by atoms with Gasteiger partial charge in [0.25, 0.3) is 5.91 Å². The van der Waals surface area contributed by atoms with Crippen LogP contribution in [0.15, 0.2) is 17.1 Å². The summed E-state index contributed by atoms with van der Waals surface area (Å²) in [6.45, 7) is 3.90. The van der Waals surface area contributed by atoms with Crippen molar-refractivity contribution < 1.29 is 14.3 Å². The van der Waals surface area contributed by atoms with Crippen LogP contribution in [0.5, 0.6) is 11.5 Å². The number of carbonyl (C=O) groups is 1. The van der Waals surface area contributed by atoms with E-state index >= 15 is 0 Å². The maximum absolute atomic E-state index is 13.3. The molecular formula is C26H33ClN2O3S. The molecule has 1 saturated carbocycles. The predicted octanol–water partition coefficient (Wildman–Crippen LogP) is 6.89. The summed E-state index contributed by atoms with van der Waals surface area (Å²) in [4.78, 5) is 19.4. The maximum Gasteiger partial charge on any atom is 0.254 e. The minimum absolute atomic E-state index is 0.0152. The van der Waals surface area contributed by atoms with E-state index in [4.69, 9.17) is 26.1 Å². The Bertz CT molecular complexity index is 1030. The fourth-order valence-electron chi connectivity index (χ4n) is 4.68. The molecule has 4 rings (SSSR count). The zero-order chi connectivity index (χ0) is 23.4. The summed E-state index contributed by atoms with van der Waals surface area (Å²) >= 11 is 8.13. The van der Waals surface area contributed by atoms with Crippen molar-refractivity contribution in [2.75, 3.05) is 7.11 Å². The standard InChI is InChI=1S/C26H33ClN2O3S/c1-16(2)32-24-20(27)13-17(14-21(24)31-3)15-28-26-23(19-11-7-8-12-22(19)33-26)25(30)29-18-9-5-4-6-10-18/h13-16,18H,4-12H2,1-3H3,(H,29,30). The Kier molecular flexibility index (Phi) is 7.97. The fraction of sp³-hybridized carbons (Fsp3) is 0.538. The van der Waals surface area contributed by atoms with Crippen LogP contribution in [0.1, 0.15) is 85.2 Å². The second-order valence-corrected chi connectivity index (χ2v) is 10.6. The summed E-state index contributed by atoms with van der Waals surface area (Å²) in [6, 6.07) is 3.96. The quantitative estimate of drug-likeness (QED) is 0.431. The van der Waals surface area contributed by atoms with Crippen molar-refractivity contribution in [2.24, 2.45) is 4.99 Å². The number of hydrogen-bond donors (Lipinski definition) is 1. The monoisotopic (exact) mass is 488 g/mol. The molecule has 7 heteroatoms. The van der Waals surface area contributed by atoms with Crippen LogP contribution in [0.25, 0.3) is 0 Å². The molecular weight excluding hydrogens is 456 g/mol. The zero-order valence-corrected chi connectivity index (χ0v) is 21.3. The van der Waals surface area contributed by atoms with E-state index in [1.54, 1.807) is 24.7 Å². The molecule has 1 aromatic heterocycles. The van der Waals surface area contributed by atoms with Gasteiger partial charge in [0.2, 0.25) is 0 Å². The number of methoxy groups -OCH3 is 1. The lowest BCUT2D eigenvalue weighted by molar-refractivity contribution is 0.0927. The Hall–Kier alpha value is -2.05. The van der Waals surface area contributed by atoms with Crippen LogP contribution in [-0.4, -0.2) is 31.4 Å². The first-order chi connectivity index (χ1) is 16.0. The molecule has 1 amide bonds. The van der Waals surface area contributed by atoms with Crippen LogP contribution < -0.4 is 14.8 Å². The van der Waals surface area contributed by atoms with E-state index in [1.807, 2.05) is 26.0 Å². The predicted molar refractivity (Wildman–Crippen MR) is 136 cm³/mol. The topological polar surface area (TPSA) is 59.9 Å². The van der Waals surface area contributed by atoms with Crippen LogP contribution in [0.3, 0.4) is 0 Å². The molecule has 1 aromatic carbocycles. The van der Waals surface area contributed by atoms with E-state index in [-0.39, 0.29) is 18.1 Å². The molecule has 5 nitrogen and oxygen atoms in total. The largest absolute Gasteiger partial charge is 0.493 e. The molecule has 0 atom stereocenters. The van der Waals surface area contributed by atoms with E-state index < -0.39 is 0 Å². The number of ether oxygens (including phenoxy) is 2. The smallest absolute Gasteiger partial charge is 0.254 e. The molecule has 0 saturated heterocycles. The Morgan fingerprint density at radius 1 is 1.18 bits per heavy atom. The normalized spacial score (nSPS) is 16.8. The number of thiophene rings is 1. The van der Waals surface area contributed by atoms with Gasteiger partial charge in [-0.2, -0.15) is 0 Å². The van der Waals surface area contributed by atoms with Crippen LogP contribution in [0, 0.1) is 0 Å². The van der Waals surface area contributed by atoms with Crippen molar-refractivity contribution >= 4 is 40.1 Å². The van der Waals surface area contributed by atoms with Crippen LogP contribution in [-0.2, 0) is 12.8 Å². The maximum atomic E-state index is 13.3. The highest BCUT2D eigenvalue weighted by Gasteiger charge is 2.27. The van der Waals surface area contributed by atoms with Gasteiger partial charge < -0.3 is 14.8 Å². The molecule has 0 spiro atoms. The molecule has 0 unspecified atom stereocenters. The van der Waals surface area contributed by atoms with Gasteiger partial charge in [0.05, 0.1) is 23.8 Å². The number of halogens is 1. The molecule has 178 valence electrons. The van der Waals surface area contributed by atoms with Crippen LogP contribution in [0.4, 0.5) is 5.00 Å². The zero-order valence-electron chi connectivity index (χ0n) is 19.7. The Morgan fingerprint density at radius 2 is 1.94 bits per heavy atom. The lowest BCUT2D eigenvalue weighted by atomic mass is 9.93. The lowest BCUT2D eigenvalue weighted by Gasteiger charge is -2.23. The molecule has 0 bridgehead atoms. The van der Waals surface area contributed by atoms with Gasteiger partial charge in [-0.15, -0.1) is 11.3 Å². The van der Waals surface area contributed by atoms with E-state index in [1.165, 1.54) is 36.1 Å². The average molecular weight is 489 g/mol. The first-order valence-corrected chi connectivity index (χ1v) is 13.2. The first-order valence-electron chi connectivity index (χ1n) is 12.0. The second-order valence-electron chi connectivity index (χ2n) is 9.16. The Balaban J connectivity index is 1.63. The first kappa shape index (κ1) is 24.1. The molecule has 2 aliphatic rings. The number of carbonyl (C=O) groups excluding carboxylic acids is 1. The molecule has 1 N–H and O–H groups in total. The third-order valence-electron chi connectivity index (χ3n) is 6.26. The summed E-state index contributed by atoms with van der Waals surface area (Å²) in [5.41, 5.74) is 2.77. The molecule has 1 heterocycles. The highest BCUT2D eigenvalue weighted by Crippen LogP contribution is 2.41. The number of hydrogen-bond acceptors (Lipinski definition) is 5. The Labute approximate surface area is 205 Å². The summed E-state index contributed by atoms with van der Waals surface area (Å²) in [6.07, 6.45) is 11.8. The van der Waals surface area contributed by atoms with Crippen molar-refractivity contribution in [3.05, 3.63) is 38.7 Å². The number of rotatable bonds is 7. The van der Waals surface area contributed by atoms with Gasteiger partial charge >= 0.3 is 0 Å². The second kappa shape index (κ2) is 10.9. The molecule has 33 heavy (non-hydrogen) atoms. The van der Waals surface area contributed by atoms with E-state index in [0.717, 1.165) is 48.2 Å². The third kappa shape index (κ3) is 5.72. The number of nitrogens with one attached hydrogen (secondary N) is 1. The average Bonchev–Trinajstić information content (AvgIpc) is 3.18. The van der Waals surface area contributed by atoms with Gasteiger partial charge in [0.15, 0.2) is 11.5 Å². The molecule has 2 aromatic rings. The van der Waals surface area contributed by atoms with Gasteiger partial charge in [-0.25, -0.2) is 4.99 Å². The van der Waals surface area contributed by atoms with Crippen molar-refractivity contribution in [2.45, 2.75) is 83.8 Å². The fourth-order valence-corrected chi connectivity index (χ4v) is 6.17. The minimum Gasteiger partial charge on any atom is -0.493 e. The number of nitrogens with zero attached hydrogens (tertiary/aromatic N) is 1. The molecule has 0 aliphatic heterocycles. The number of aliphatic imine (C=N–C) groups is 1. The number of aryl methyl sites for hydroxylation is 1. The van der Waals surface area contributed by atoms with Crippen molar-refractivity contribution in [1.29, 1.82) is 0 Å². The van der Waals surface area contributed by atoms with Crippen molar-refractivity contribution in [1.82, 2.24) is 5.32 Å². The van der Waals surface area contributed by atoms with Gasteiger partial charge in [-0.3, -0.25) is 4.79 Å². The third-order valence-corrected chi connectivity index (χ3v) is 7.74. The van der Waals surface area contributed by atoms with Gasteiger partial charge in [-0.05, 0) is 75.6 Å². The van der Waals surface area contributed by atoms with E-state index in [2.05, 4.69) is 5.32 Å². The summed E-state index contributed by atoms with van der Waals surface area (Å²) < 4.78 is 11.3. The van der Waals surface area contributed by atoms with Crippen molar-refractivity contribution in [3.63, 3.8) is 0 Å². The molecule has 2 aliphatic carbocycles. The minimum atomic E-state index is -0.0152. The summed E-state index contributed by atoms with van der Waals surface area (Å²) in [5.74, 6) is 1.13. The highest BCUT2D eigenvalue weighted by atomic mass is 35.5. The van der Waals surface area contributed by atoms with Gasteiger partial charge in [0, 0.05) is 17.1 Å². The van der Waals surface area contributed by atoms with E-state index in [9.17, 15) is 4.79 Å². The Morgan fingerprint density at radius 3 is 2.67 bits per heavy atom. The van der Waals surface area contributed by atoms with Gasteiger partial charge in [-0.1, -0.05) is 30.9 Å². The van der Waals surface area contributed by atoms with Gasteiger partial charge in [0.1, 0.15) is 5.00 Å². The van der Waals surface area contributed by atoms with E-state index in [0.29, 0.717) is 16.5 Å². The van der Waals surface area contributed by atoms with Crippen LogP contribution in [0.2, 0.25) is 5.02 Å².